The number of aryl methyl sites for hydroxylation is 1. The van der Waals surface area contributed by atoms with Gasteiger partial charge in [0.05, 0.1) is 11.4 Å². The van der Waals surface area contributed by atoms with Gasteiger partial charge in [-0.05, 0) is 30.7 Å². The van der Waals surface area contributed by atoms with Crippen molar-refractivity contribution in [3.8, 4) is 0 Å². The van der Waals surface area contributed by atoms with Crippen LogP contribution in [0.15, 0.2) is 29.2 Å². The molecule has 128 valence electrons. The number of nitrogens with zero attached hydrogens (tertiary/aromatic N) is 3. The van der Waals surface area contributed by atoms with Crippen LogP contribution in [0.3, 0.4) is 0 Å². The summed E-state index contributed by atoms with van der Waals surface area (Å²) in [5.41, 5.74) is 0.395. The van der Waals surface area contributed by atoms with Gasteiger partial charge < -0.3 is 9.88 Å². The monoisotopic (exact) mass is 349 g/mol. The topological polar surface area (TPSA) is 106 Å². The Balaban J connectivity index is 1.65. The molecule has 0 spiro atoms. The van der Waals surface area contributed by atoms with Gasteiger partial charge in [0, 0.05) is 25.1 Å². The van der Waals surface area contributed by atoms with Crippen molar-refractivity contribution >= 4 is 15.9 Å². The van der Waals surface area contributed by atoms with Crippen LogP contribution in [-0.4, -0.2) is 35.6 Å². The number of fused-ring (bicyclic) bond motifs is 1. The molecule has 1 amide bonds. The fourth-order valence-electron chi connectivity index (χ4n) is 2.66. The summed E-state index contributed by atoms with van der Waals surface area (Å²) in [6, 6.07) is 5.82. The zero-order valence-corrected chi connectivity index (χ0v) is 14.1. The van der Waals surface area contributed by atoms with E-state index in [2.05, 4.69) is 20.2 Å². The molecule has 2 heterocycles. The number of hydrogen-bond donors (Lipinski definition) is 2. The van der Waals surface area contributed by atoms with Crippen LogP contribution in [0, 0.1) is 0 Å². The van der Waals surface area contributed by atoms with Crippen molar-refractivity contribution < 1.29 is 13.2 Å². The van der Waals surface area contributed by atoms with Crippen LogP contribution < -0.4 is 10.0 Å². The van der Waals surface area contributed by atoms with E-state index in [1.165, 1.54) is 24.3 Å². The van der Waals surface area contributed by atoms with E-state index in [1.807, 2.05) is 4.57 Å². The van der Waals surface area contributed by atoms with E-state index in [4.69, 9.17) is 0 Å². The molecular weight excluding hydrogens is 330 g/mol. The average Bonchev–Trinajstić information content (AvgIpc) is 3.16. The highest BCUT2D eigenvalue weighted by Crippen LogP contribution is 2.14. The first-order chi connectivity index (χ1) is 11.5. The number of amides is 1. The normalized spacial score (nSPS) is 13.7. The molecule has 1 aliphatic heterocycles. The summed E-state index contributed by atoms with van der Waals surface area (Å²) in [4.78, 5) is 12.3. The molecule has 3 rings (SSSR count). The van der Waals surface area contributed by atoms with Crippen molar-refractivity contribution in [1.29, 1.82) is 0 Å². The van der Waals surface area contributed by atoms with Gasteiger partial charge in [0.25, 0.3) is 5.91 Å². The minimum absolute atomic E-state index is 0.135. The lowest BCUT2D eigenvalue weighted by Gasteiger charge is -2.07. The van der Waals surface area contributed by atoms with Gasteiger partial charge in [-0.3, -0.25) is 4.79 Å². The number of nitrogens with one attached hydrogen (secondary N) is 2. The maximum absolute atomic E-state index is 12.2. The fourth-order valence-corrected chi connectivity index (χ4v) is 3.70. The molecule has 0 unspecified atom stereocenters. The van der Waals surface area contributed by atoms with Crippen molar-refractivity contribution in [2.75, 3.05) is 6.54 Å². The number of rotatable bonds is 6. The molecule has 0 fully saturated rings. The van der Waals surface area contributed by atoms with E-state index in [0.29, 0.717) is 18.7 Å². The van der Waals surface area contributed by atoms with Crippen LogP contribution in [-0.2, 0) is 29.5 Å². The number of benzene rings is 1. The third kappa shape index (κ3) is 3.31. The first-order valence-corrected chi connectivity index (χ1v) is 9.28. The molecule has 8 nitrogen and oxygen atoms in total. The Morgan fingerprint density at radius 2 is 2.00 bits per heavy atom. The second-order valence-electron chi connectivity index (χ2n) is 5.50. The molecular formula is C15H19N5O3S. The van der Waals surface area contributed by atoms with E-state index in [9.17, 15) is 13.2 Å². The maximum atomic E-state index is 12.2. The SMILES string of the molecule is CCNS(=O)(=O)c1ccc(C(=O)NCc2nnc3n2CCC3)cc1. The van der Waals surface area contributed by atoms with E-state index in [-0.39, 0.29) is 10.8 Å². The smallest absolute Gasteiger partial charge is 0.251 e. The van der Waals surface area contributed by atoms with Gasteiger partial charge in [0.2, 0.25) is 10.0 Å². The van der Waals surface area contributed by atoms with Crippen molar-refractivity contribution in [2.24, 2.45) is 0 Å². The molecule has 1 aliphatic rings. The number of carbonyl (C=O) groups excluding carboxylic acids is 1. The van der Waals surface area contributed by atoms with E-state index in [1.54, 1.807) is 6.92 Å². The third-order valence-electron chi connectivity index (χ3n) is 3.85. The molecule has 2 aromatic rings. The van der Waals surface area contributed by atoms with Gasteiger partial charge in [-0.15, -0.1) is 10.2 Å². The predicted molar refractivity (Wildman–Crippen MR) is 86.8 cm³/mol. The molecule has 0 saturated carbocycles. The number of aromatic nitrogens is 3. The molecule has 2 N–H and O–H groups in total. The van der Waals surface area contributed by atoms with Crippen molar-refractivity contribution in [1.82, 2.24) is 24.8 Å². The summed E-state index contributed by atoms with van der Waals surface area (Å²) in [6.07, 6.45) is 1.97. The standard InChI is InChI=1S/C15H19N5O3S/c1-2-17-24(22,23)12-7-5-11(6-8-12)15(21)16-10-14-19-18-13-4-3-9-20(13)14/h5-8,17H,2-4,9-10H2,1H3,(H,16,21). The molecule has 0 atom stereocenters. The molecule has 0 saturated heterocycles. The van der Waals surface area contributed by atoms with Crippen LogP contribution in [0.1, 0.15) is 35.4 Å². The Morgan fingerprint density at radius 3 is 2.71 bits per heavy atom. The lowest BCUT2D eigenvalue weighted by Crippen LogP contribution is -2.25. The maximum Gasteiger partial charge on any atom is 0.251 e. The van der Waals surface area contributed by atoms with Gasteiger partial charge in [-0.1, -0.05) is 6.92 Å². The third-order valence-corrected chi connectivity index (χ3v) is 5.42. The molecule has 1 aromatic heterocycles. The highest BCUT2D eigenvalue weighted by molar-refractivity contribution is 7.89. The molecule has 0 radical (unpaired) electrons. The first kappa shape index (κ1) is 16.6. The quantitative estimate of drug-likeness (QED) is 0.788. The molecule has 24 heavy (non-hydrogen) atoms. The molecule has 9 heteroatoms. The van der Waals surface area contributed by atoms with E-state index in [0.717, 1.165) is 31.0 Å². The molecule has 0 aliphatic carbocycles. The van der Waals surface area contributed by atoms with Crippen molar-refractivity contribution in [3.05, 3.63) is 41.5 Å². The summed E-state index contributed by atoms with van der Waals surface area (Å²) in [6.45, 7) is 3.20. The van der Waals surface area contributed by atoms with Crippen molar-refractivity contribution in [2.45, 2.75) is 37.8 Å². The second kappa shape index (κ2) is 6.70. The lowest BCUT2D eigenvalue weighted by atomic mass is 10.2. The lowest BCUT2D eigenvalue weighted by molar-refractivity contribution is 0.0949. The van der Waals surface area contributed by atoms with Gasteiger partial charge >= 0.3 is 0 Å². The van der Waals surface area contributed by atoms with Crippen LogP contribution in [0.4, 0.5) is 0 Å². The van der Waals surface area contributed by atoms with Crippen LogP contribution >= 0.6 is 0 Å². The van der Waals surface area contributed by atoms with Gasteiger partial charge in [0.15, 0.2) is 5.82 Å². The summed E-state index contributed by atoms with van der Waals surface area (Å²) >= 11 is 0. The Bertz CT molecular complexity index is 842. The van der Waals surface area contributed by atoms with Gasteiger partial charge in [-0.25, -0.2) is 13.1 Å². The summed E-state index contributed by atoms with van der Waals surface area (Å²) in [7, 11) is -3.51. The Labute approximate surface area is 140 Å². The summed E-state index contributed by atoms with van der Waals surface area (Å²) < 4.78 is 28.2. The predicted octanol–water partition coefficient (Wildman–Crippen LogP) is 0.452. The Kier molecular flexibility index (Phi) is 4.63. The highest BCUT2D eigenvalue weighted by Gasteiger charge is 2.18. The summed E-state index contributed by atoms with van der Waals surface area (Å²) in [5, 5.41) is 11.0. The van der Waals surface area contributed by atoms with Gasteiger partial charge in [0.1, 0.15) is 5.82 Å². The minimum Gasteiger partial charge on any atom is -0.345 e. The second-order valence-corrected chi connectivity index (χ2v) is 7.26. The van der Waals surface area contributed by atoms with Gasteiger partial charge in [-0.2, -0.15) is 0 Å². The number of carbonyl (C=O) groups is 1. The number of hydrogen-bond acceptors (Lipinski definition) is 5. The molecule has 1 aromatic carbocycles. The largest absolute Gasteiger partial charge is 0.345 e. The first-order valence-electron chi connectivity index (χ1n) is 7.80. The zero-order valence-electron chi connectivity index (χ0n) is 13.3. The fraction of sp³-hybridized carbons (Fsp3) is 0.400. The average molecular weight is 349 g/mol. The van der Waals surface area contributed by atoms with E-state index < -0.39 is 10.0 Å². The Hall–Kier alpha value is -2.26. The molecule has 0 bridgehead atoms. The van der Waals surface area contributed by atoms with Crippen LogP contribution in [0.5, 0.6) is 0 Å². The van der Waals surface area contributed by atoms with E-state index >= 15 is 0 Å². The summed E-state index contributed by atoms with van der Waals surface area (Å²) in [5.74, 6) is 1.41. The highest BCUT2D eigenvalue weighted by atomic mass is 32.2. The van der Waals surface area contributed by atoms with Crippen LogP contribution in [0.2, 0.25) is 0 Å². The van der Waals surface area contributed by atoms with Crippen LogP contribution in [0.25, 0.3) is 0 Å². The minimum atomic E-state index is -3.51. The number of sulfonamides is 1. The Morgan fingerprint density at radius 1 is 1.25 bits per heavy atom. The zero-order chi connectivity index (χ0) is 17.2. The van der Waals surface area contributed by atoms with Crippen molar-refractivity contribution in [3.63, 3.8) is 0 Å².